The Morgan fingerprint density at radius 1 is 0.969 bits per heavy atom. The lowest BCUT2D eigenvalue weighted by atomic mass is 10.2. The number of benzene rings is 3. The van der Waals surface area contributed by atoms with Crippen LogP contribution in [0.1, 0.15) is 12.5 Å². The summed E-state index contributed by atoms with van der Waals surface area (Å²) in [5, 5.41) is 12.1. The molecule has 0 aliphatic rings. The lowest BCUT2D eigenvalue weighted by Gasteiger charge is -2.14. The quantitative estimate of drug-likeness (QED) is 0.388. The molecule has 1 atom stereocenters. The summed E-state index contributed by atoms with van der Waals surface area (Å²) < 4.78 is 7.26. The number of ether oxygens (including phenoxy) is 1. The number of para-hydroxylation sites is 1. The Balaban J connectivity index is 1.66. The van der Waals surface area contributed by atoms with Gasteiger partial charge in [-0.25, -0.2) is 0 Å². The van der Waals surface area contributed by atoms with E-state index in [0.717, 1.165) is 28.3 Å². The number of hydrogen-bond acceptors (Lipinski definition) is 5. The highest BCUT2D eigenvalue weighted by atomic mass is 32.2. The second-order valence-electron chi connectivity index (χ2n) is 7.32. The number of amides is 1. The number of carbonyl (C=O) groups excluding carboxylic acids is 1. The third kappa shape index (κ3) is 4.84. The molecule has 32 heavy (non-hydrogen) atoms. The number of methoxy groups -OCH3 is 1. The zero-order chi connectivity index (χ0) is 22.5. The second kappa shape index (κ2) is 9.70. The van der Waals surface area contributed by atoms with Crippen molar-refractivity contribution >= 4 is 23.4 Å². The molecule has 1 N–H and O–H groups in total. The van der Waals surface area contributed by atoms with Crippen LogP contribution < -0.4 is 10.1 Å². The molecule has 0 spiro atoms. The molecule has 162 valence electrons. The molecule has 7 heteroatoms. The van der Waals surface area contributed by atoms with Crippen LogP contribution in [0.15, 0.2) is 84.0 Å². The number of anilines is 1. The van der Waals surface area contributed by atoms with Gasteiger partial charge in [-0.15, -0.1) is 10.2 Å². The maximum Gasteiger partial charge on any atom is 0.237 e. The highest BCUT2D eigenvalue weighted by Crippen LogP contribution is 2.31. The summed E-state index contributed by atoms with van der Waals surface area (Å²) >= 11 is 1.37. The van der Waals surface area contributed by atoms with Gasteiger partial charge >= 0.3 is 0 Å². The molecule has 0 fully saturated rings. The Kier molecular flexibility index (Phi) is 6.56. The first-order valence-corrected chi connectivity index (χ1v) is 11.1. The van der Waals surface area contributed by atoms with Gasteiger partial charge in [0.1, 0.15) is 5.75 Å². The summed E-state index contributed by atoms with van der Waals surface area (Å²) in [5.74, 6) is 1.39. The zero-order valence-corrected chi connectivity index (χ0v) is 19.0. The van der Waals surface area contributed by atoms with Gasteiger partial charge < -0.3 is 10.1 Å². The topological polar surface area (TPSA) is 69.0 Å². The number of aromatic nitrogens is 3. The Morgan fingerprint density at radius 3 is 2.31 bits per heavy atom. The number of nitrogens with one attached hydrogen (secondary N) is 1. The van der Waals surface area contributed by atoms with E-state index >= 15 is 0 Å². The molecule has 4 rings (SSSR count). The van der Waals surface area contributed by atoms with Crippen molar-refractivity contribution in [2.24, 2.45) is 0 Å². The van der Waals surface area contributed by atoms with E-state index in [-0.39, 0.29) is 11.2 Å². The van der Waals surface area contributed by atoms with Crippen molar-refractivity contribution in [2.75, 3.05) is 12.4 Å². The predicted molar refractivity (Wildman–Crippen MR) is 128 cm³/mol. The van der Waals surface area contributed by atoms with Gasteiger partial charge in [-0.2, -0.15) is 0 Å². The van der Waals surface area contributed by atoms with Crippen LogP contribution in [-0.2, 0) is 4.79 Å². The number of hydrogen-bond donors (Lipinski definition) is 1. The van der Waals surface area contributed by atoms with E-state index in [1.165, 1.54) is 11.8 Å². The summed E-state index contributed by atoms with van der Waals surface area (Å²) in [7, 11) is 1.64. The zero-order valence-electron chi connectivity index (χ0n) is 18.1. The molecule has 1 heterocycles. The van der Waals surface area contributed by atoms with Crippen molar-refractivity contribution in [1.29, 1.82) is 0 Å². The first kappa shape index (κ1) is 21.6. The minimum atomic E-state index is -0.368. The SMILES string of the molecule is COc1ccc(-c2nnc(SC(C)C(=O)Nc3ccccc3)n2-c2ccc(C)cc2)cc1. The van der Waals surface area contributed by atoms with E-state index in [0.29, 0.717) is 11.0 Å². The fourth-order valence-electron chi connectivity index (χ4n) is 3.18. The number of carbonyl (C=O) groups is 1. The van der Waals surface area contributed by atoms with Crippen LogP contribution in [0.3, 0.4) is 0 Å². The predicted octanol–water partition coefficient (Wildman–Crippen LogP) is 5.37. The molecule has 0 saturated heterocycles. The molecule has 1 amide bonds. The summed E-state index contributed by atoms with van der Waals surface area (Å²) in [6.45, 7) is 3.91. The van der Waals surface area contributed by atoms with Crippen LogP contribution in [0.5, 0.6) is 5.75 Å². The average Bonchev–Trinajstić information content (AvgIpc) is 3.23. The molecule has 6 nitrogen and oxygen atoms in total. The van der Waals surface area contributed by atoms with Crippen LogP contribution in [0.25, 0.3) is 17.1 Å². The van der Waals surface area contributed by atoms with E-state index in [1.54, 1.807) is 7.11 Å². The molecule has 1 unspecified atom stereocenters. The molecular weight excluding hydrogens is 420 g/mol. The third-order valence-electron chi connectivity index (χ3n) is 4.97. The maximum atomic E-state index is 12.8. The van der Waals surface area contributed by atoms with Crippen LogP contribution in [0, 0.1) is 6.92 Å². The number of aryl methyl sites for hydroxylation is 1. The molecule has 1 aromatic heterocycles. The summed E-state index contributed by atoms with van der Waals surface area (Å²) in [6.07, 6.45) is 0. The molecule has 0 saturated carbocycles. The minimum absolute atomic E-state index is 0.0920. The van der Waals surface area contributed by atoms with Gasteiger partial charge in [-0.1, -0.05) is 47.7 Å². The van der Waals surface area contributed by atoms with Gasteiger partial charge in [-0.3, -0.25) is 9.36 Å². The molecular formula is C25H24N4O2S. The van der Waals surface area contributed by atoms with Gasteiger partial charge in [0, 0.05) is 16.9 Å². The largest absolute Gasteiger partial charge is 0.497 e. The van der Waals surface area contributed by atoms with Crippen molar-refractivity contribution in [3.8, 4) is 22.8 Å². The number of nitrogens with zero attached hydrogens (tertiary/aromatic N) is 3. The Labute approximate surface area is 191 Å². The minimum Gasteiger partial charge on any atom is -0.497 e. The molecule has 0 aliphatic heterocycles. The first-order valence-electron chi connectivity index (χ1n) is 10.2. The highest BCUT2D eigenvalue weighted by Gasteiger charge is 2.22. The van der Waals surface area contributed by atoms with Gasteiger partial charge in [0.15, 0.2) is 11.0 Å². The first-order chi connectivity index (χ1) is 15.5. The summed E-state index contributed by atoms with van der Waals surface area (Å²) in [5.41, 5.74) is 3.78. The van der Waals surface area contributed by atoms with E-state index in [2.05, 4.69) is 15.5 Å². The van der Waals surface area contributed by atoms with Crippen molar-refractivity contribution in [2.45, 2.75) is 24.3 Å². The van der Waals surface area contributed by atoms with Crippen molar-refractivity contribution in [3.05, 3.63) is 84.4 Å². The van der Waals surface area contributed by atoms with Crippen LogP contribution >= 0.6 is 11.8 Å². The van der Waals surface area contributed by atoms with Gasteiger partial charge in [0.25, 0.3) is 0 Å². The normalized spacial score (nSPS) is 11.7. The van der Waals surface area contributed by atoms with Crippen molar-refractivity contribution < 1.29 is 9.53 Å². The molecule has 0 bridgehead atoms. The molecule has 3 aromatic carbocycles. The summed E-state index contributed by atoms with van der Waals surface area (Å²) in [6, 6.07) is 25.3. The monoisotopic (exact) mass is 444 g/mol. The van der Waals surface area contributed by atoms with Gasteiger partial charge in [0.05, 0.1) is 12.4 Å². The van der Waals surface area contributed by atoms with Gasteiger partial charge in [0.2, 0.25) is 5.91 Å². The average molecular weight is 445 g/mol. The van der Waals surface area contributed by atoms with Crippen LogP contribution in [-0.4, -0.2) is 33.0 Å². The highest BCUT2D eigenvalue weighted by molar-refractivity contribution is 8.00. The van der Waals surface area contributed by atoms with Gasteiger partial charge in [-0.05, 0) is 62.4 Å². The number of thioether (sulfide) groups is 1. The molecule has 0 aliphatic carbocycles. The Hall–Kier alpha value is -3.58. The van der Waals surface area contributed by atoms with Crippen LogP contribution in [0.2, 0.25) is 0 Å². The lowest BCUT2D eigenvalue weighted by Crippen LogP contribution is -2.22. The fraction of sp³-hybridized carbons (Fsp3) is 0.160. The number of rotatable bonds is 7. The van der Waals surface area contributed by atoms with Crippen molar-refractivity contribution in [1.82, 2.24) is 14.8 Å². The Bertz CT molecular complexity index is 1190. The standard InChI is InChI=1S/C25H24N4O2S/c1-17-9-13-21(14-10-17)29-23(19-11-15-22(31-3)16-12-19)27-28-25(29)32-18(2)24(30)26-20-7-5-4-6-8-20/h4-16,18H,1-3H3,(H,26,30). The Morgan fingerprint density at radius 2 is 1.66 bits per heavy atom. The van der Waals surface area contributed by atoms with E-state index in [4.69, 9.17) is 4.74 Å². The fourth-order valence-corrected chi connectivity index (χ4v) is 4.04. The third-order valence-corrected chi connectivity index (χ3v) is 6.01. The lowest BCUT2D eigenvalue weighted by molar-refractivity contribution is -0.115. The van der Waals surface area contributed by atoms with E-state index < -0.39 is 0 Å². The van der Waals surface area contributed by atoms with E-state index in [1.807, 2.05) is 97.3 Å². The molecule has 0 radical (unpaired) electrons. The smallest absolute Gasteiger partial charge is 0.237 e. The second-order valence-corrected chi connectivity index (χ2v) is 8.63. The summed E-state index contributed by atoms with van der Waals surface area (Å²) in [4.78, 5) is 12.8. The molecule has 4 aromatic rings. The van der Waals surface area contributed by atoms with Crippen molar-refractivity contribution in [3.63, 3.8) is 0 Å². The van der Waals surface area contributed by atoms with Crippen LogP contribution in [0.4, 0.5) is 5.69 Å². The van der Waals surface area contributed by atoms with E-state index in [9.17, 15) is 4.79 Å². The maximum absolute atomic E-state index is 12.8.